The summed E-state index contributed by atoms with van der Waals surface area (Å²) >= 11 is 0. The van der Waals surface area contributed by atoms with E-state index in [4.69, 9.17) is 5.11 Å². The van der Waals surface area contributed by atoms with E-state index in [9.17, 15) is 13.6 Å². The Morgan fingerprint density at radius 3 is 2.29 bits per heavy atom. The minimum absolute atomic E-state index is 0.379. The fourth-order valence-electron chi connectivity index (χ4n) is 1.82. The van der Waals surface area contributed by atoms with Crippen LogP contribution in [0.2, 0.25) is 0 Å². The number of nitrogens with one attached hydrogen (secondary N) is 1. The molecule has 0 bridgehead atoms. The number of hydrogen-bond donors (Lipinski definition) is 2. The summed E-state index contributed by atoms with van der Waals surface area (Å²) in [7, 11) is 3.70. The molecule has 2 aromatic carbocycles. The Hall–Kier alpha value is -2.63. The molecule has 6 heteroatoms. The highest BCUT2D eigenvalue weighted by Crippen LogP contribution is 2.26. The van der Waals surface area contributed by atoms with Crippen LogP contribution in [0.4, 0.5) is 25.8 Å². The summed E-state index contributed by atoms with van der Waals surface area (Å²) in [6.07, 6.45) is 0. The number of rotatable bonds is 4. The van der Waals surface area contributed by atoms with Gasteiger partial charge in [-0.3, -0.25) is 0 Å². The van der Waals surface area contributed by atoms with Gasteiger partial charge in [-0.1, -0.05) is 6.07 Å². The third-order valence-electron chi connectivity index (χ3n) is 2.92. The summed E-state index contributed by atoms with van der Waals surface area (Å²) in [6.45, 7) is 0. The summed E-state index contributed by atoms with van der Waals surface area (Å²) in [5, 5.41) is 11.4. The molecular weight excluding hydrogens is 278 g/mol. The van der Waals surface area contributed by atoms with Gasteiger partial charge >= 0.3 is 5.97 Å². The van der Waals surface area contributed by atoms with Crippen molar-refractivity contribution in [2.24, 2.45) is 0 Å². The van der Waals surface area contributed by atoms with Crippen LogP contribution >= 0.6 is 0 Å². The second-order valence-corrected chi connectivity index (χ2v) is 4.69. The molecule has 0 amide bonds. The average molecular weight is 292 g/mol. The molecule has 0 aliphatic heterocycles. The molecule has 0 aliphatic carbocycles. The molecule has 4 nitrogen and oxygen atoms in total. The minimum Gasteiger partial charge on any atom is -0.478 e. The lowest BCUT2D eigenvalue weighted by atomic mass is 10.1. The Balaban J connectivity index is 2.36. The summed E-state index contributed by atoms with van der Waals surface area (Å²) in [5.41, 5.74) is 0.554. The van der Waals surface area contributed by atoms with Crippen LogP contribution in [-0.2, 0) is 0 Å². The number of benzene rings is 2. The van der Waals surface area contributed by atoms with Crippen molar-refractivity contribution in [1.29, 1.82) is 0 Å². The van der Waals surface area contributed by atoms with E-state index >= 15 is 0 Å². The second kappa shape index (κ2) is 5.78. The lowest BCUT2D eigenvalue weighted by Gasteiger charge is -2.15. The van der Waals surface area contributed by atoms with Crippen molar-refractivity contribution in [3.63, 3.8) is 0 Å². The Morgan fingerprint density at radius 1 is 1.14 bits per heavy atom. The number of anilines is 3. The van der Waals surface area contributed by atoms with Crippen LogP contribution in [-0.4, -0.2) is 25.2 Å². The number of carbonyl (C=O) groups is 1. The van der Waals surface area contributed by atoms with Gasteiger partial charge < -0.3 is 15.3 Å². The molecule has 2 rings (SSSR count). The first-order chi connectivity index (χ1) is 9.88. The maximum absolute atomic E-state index is 13.8. The van der Waals surface area contributed by atoms with Crippen molar-refractivity contribution in [3.8, 4) is 0 Å². The van der Waals surface area contributed by atoms with Gasteiger partial charge in [0.1, 0.15) is 5.69 Å². The summed E-state index contributed by atoms with van der Waals surface area (Å²) in [6, 6.07) is 8.55. The highest BCUT2D eigenvalue weighted by atomic mass is 19.1. The largest absolute Gasteiger partial charge is 0.478 e. The van der Waals surface area contributed by atoms with Crippen molar-refractivity contribution >= 4 is 23.0 Å². The van der Waals surface area contributed by atoms with E-state index in [0.29, 0.717) is 5.69 Å². The molecule has 0 radical (unpaired) electrons. The van der Waals surface area contributed by atoms with E-state index in [1.807, 2.05) is 25.1 Å². The van der Waals surface area contributed by atoms with Gasteiger partial charge in [0.05, 0.1) is 5.56 Å². The number of nitrogens with zero attached hydrogens (tertiary/aromatic N) is 1. The van der Waals surface area contributed by atoms with Crippen molar-refractivity contribution in [1.82, 2.24) is 0 Å². The highest BCUT2D eigenvalue weighted by molar-refractivity contribution is 5.88. The highest BCUT2D eigenvalue weighted by Gasteiger charge is 2.15. The summed E-state index contributed by atoms with van der Waals surface area (Å²) < 4.78 is 27.7. The van der Waals surface area contributed by atoms with Crippen molar-refractivity contribution < 1.29 is 18.7 Å². The Labute approximate surface area is 120 Å². The Morgan fingerprint density at radius 2 is 1.76 bits per heavy atom. The van der Waals surface area contributed by atoms with Crippen LogP contribution in [0.1, 0.15) is 10.4 Å². The van der Waals surface area contributed by atoms with Gasteiger partial charge in [0.25, 0.3) is 0 Å². The fourth-order valence-corrected chi connectivity index (χ4v) is 1.82. The van der Waals surface area contributed by atoms with Crippen LogP contribution in [0, 0.1) is 11.6 Å². The SMILES string of the molecule is CN(C)c1cccc(Nc2c(F)cc(C(=O)O)cc2F)c1. The molecule has 0 fully saturated rings. The normalized spacial score (nSPS) is 10.3. The molecule has 0 heterocycles. The average Bonchev–Trinajstić information content (AvgIpc) is 2.42. The standard InChI is InChI=1S/C15H14F2N2O2/c1-19(2)11-5-3-4-10(8-11)18-14-12(16)6-9(15(20)21)7-13(14)17/h3-8,18H,1-2H3,(H,20,21). The zero-order valence-electron chi connectivity index (χ0n) is 11.5. The fraction of sp³-hybridized carbons (Fsp3) is 0.133. The molecule has 0 aromatic heterocycles. The predicted molar refractivity (Wildman–Crippen MR) is 77.4 cm³/mol. The van der Waals surface area contributed by atoms with E-state index in [2.05, 4.69) is 5.32 Å². The molecule has 2 aromatic rings. The molecule has 0 unspecified atom stereocenters. The molecule has 0 saturated heterocycles. The Kier molecular flexibility index (Phi) is 4.07. The third-order valence-corrected chi connectivity index (χ3v) is 2.92. The van der Waals surface area contributed by atoms with Gasteiger partial charge in [-0.15, -0.1) is 0 Å². The van der Waals surface area contributed by atoms with E-state index < -0.39 is 23.2 Å². The Bertz CT molecular complexity index is 664. The summed E-state index contributed by atoms with van der Waals surface area (Å²) in [5.74, 6) is -3.29. The van der Waals surface area contributed by atoms with E-state index in [1.54, 1.807) is 18.2 Å². The van der Waals surface area contributed by atoms with Crippen molar-refractivity contribution in [2.75, 3.05) is 24.3 Å². The zero-order chi connectivity index (χ0) is 15.6. The van der Waals surface area contributed by atoms with E-state index in [1.165, 1.54) is 0 Å². The van der Waals surface area contributed by atoms with Gasteiger partial charge in [-0.25, -0.2) is 13.6 Å². The van der Waals surface area contributed by atoms with Crippen LogP contribution in [0.25, 0.3) is 0 Å². The summed E-state index contributed by atoms with van der Waals surface area (Å²) in [4.78, 5) is 12.6. The lowest BCUT2D eigenvalue weighted by Crippen LogP contribution is -2.09. The van der Waals surface area contributed by atoms with Crippen LogP contribution < -0.4 is 10.2 Å². The van der Waals surface area contributed by atoms with Gasteiger partial charge in [0, 0.05) is 25.5 Å². The van der Waals surface area contributed by atoms with Crippen molar-refractivity contribution in [2.45, 2.75) is 0 Å². The van der Waals surface area contributed by atoms with Gasteiger partial charge in [-0.05, 0) is 30.3 Å². The predicted octanol–water partition coefficient (Wildman–Crippen LogP) is 3.47. The molecular formula is C15H14F2N2O2. The van der Waals surface area contributed by atoms with Gasteiger partial charge in [0.15, 0.2) is 11.6 Å². The number of hydrogen-bond acceptors (Lipinski definition) is 3. The number of halogens is 2. The quantitative estimate of drug-likeness (QED) is 0.906. The van der Waals surface area contributed by atoms with Gasteiger partial charge in [-0.2, -0.15) is 0 Å². The van der Waals surface area contributed by atoms with Crippen LogP contribution in [0.5, 0.6) is 0 Å². The topological polar surface area (TPSA) is 52.6 Å². The van der Waals surface area contributed by atoms with Crippen LogP contribution in [0.3, 0.4) is 0 Å². The number of carboxylic acid groups (broad SMARTS) is 1. The van der Waals surface area contributed by atoms with Crippen molar-refractivity contribution in [3.05, 3.63) is 53.6 Å². The van der Waals surface area contributed by atoms with E-state index in [-0.39, 0.29) is 5.69 Å². The smallest absolute Gasteiger partial charge is 0.335 e. The lowest BCUT2D eigenvalue weighted by molar-refractivity contribution is 0.0696. The number of aromatic carboxylic acids is 1. The van der Waals surface area contributed by atoms with E-state index in [0.717, 1.165) is 17.8 Å². The molecule has 2 N–H and O–H groups in total. The molecule has 0 atom stereocenters. The maximum Gasteiger partial charge on any atom is 0.335 e. The minimum atomic E-state index is -1.38. The molecule has 110 valence electrons. The van der Waals surface area contributed by atoms with Crippen LogP contribution in [0.15, 0.2) is 36.4 Å². The first-order valence-corrected chi connectivity index (χ1v) is 6.15. The molecule has 0 aliphatic rings. The third kappa shape index (κ3) is 3.28. The molecule has 21 heavy (non-hydrogen) atoms. The van der Waals surface area contributed by atoms with Gasteiger partial charge in [0.2, 0.25) is 0 Å². The maximum atomic E-state index is 13.8. The molecule has 0 spiro atoms. The first kappa shape index (κ1) is 14.8. The number of carboxylic acids is 1. The molecule has 0 saturated carbocycles. The second-order valence-electron chi connectivity index (χ2n) is 4.69. The zero-order valence-corrected chi connectivity index (χ0v) is 11.5. The first-order valence-electron chi connectivity index (χ1n) is 6.15. The monoisotopic (exact) mass is 292 g/mol.